The summed E-state index contributed by atoms with van der Waals surface area (Å²) in [6.45, 7) is 9.93. The van der Waals surface area contributed by atoms with Gasteiger partial charge in [-0.25, -0.2) is 0 Å². The van der Waals surface area contributed by atoms with Crippen molar-refractivity contribution in [1.29, 1.82) is 0 Å². The third kappa shape index (κ3) is 4.19. The summed E-state index contributed by atoms with van der Waals surface area (Å²) in [6, 6.07) is 0.538. The van der Waals surface area contributed by atoms with Crippen LogP contribution in [0.2, 0.25) is 0 Å². The van der Waals surface area contributed by atoms with Gasteiger partial charge in [-0.2, -0.15) is 0 Å². The van der Waals surface area contributed by atoms with Gasteiger partial charge < -0.3 is 4.90 Å². The number of amides is 1. The Kier molecular flexibility index (Phi) is 6.49. The van der Waals surface area contributed by atoms with Crippen molar-refractivity contribution in [3.63, 3.8) is 0 Å². The highest BCUT2D eigenvalue weighted by Gasteiger charge is 2.38. The predicted molar refractivity (Wildman–Crippen MR) is 87.1 cm³/mol. The summed E-state index contributed by atoms with van der Waals surface area (Å²) in [5, 5.41) is 3.56. The monoisotopic (exact) mass is 295 g/mol. The van der Waals surface area contributed by atoms with Crippen LogP contribution in [-0.4, -0.2) is 53.6 Å². The van der Waals surface area contributed by atoms with E-state index in [2.05, 4.69) is 35.9 Å². The zero-order valence-electron chi connectivity index (χ0n) is 14.1. The Labute approximate surface area is 130 Å². The van der Waals surface area contributed by atoms with Crippen LogP contribution in [0.5, 0.6) is 0 Å². The molecule has 0 aliphatic carbocycles. The largest absolute Gasteiger partial charge is 0.324 e. The van der Waals surface area contributed by atoms with E-state index >= 15 is 0 Å². The van der Waals surface area contributed by atoms with Crippen LogP contribution >= 0.6 is 0 Å². The van der Waals surface area contributed by atoms with E-state index in [1.54, 1.807) is 0 Å². The van der Waals surface area contributed by atoms with Crippen molar-refractivity contribution in [3.05, 3.63) is 0 Å². The first kappa shape index (κ1) is 16.8. The van der Waals surface area contributed by atoms with Crippen LogP contribution in [0.3, 0.4) is 0 Å². The van der Waals surface area contributed by atoms with Gasteiger partial charge in [-0.3, -0.25) is 15.0 Å². The number of hydrogen-bond acceptors (Lipinski definition) is 3. The van der Waals surface area contributed by atoms with Gasteiger partial charge in [0.15, 0.2) is 0 Å². The molecular weight excluding hydrogens is 262 g/mol. The molecule has 2 rings (SSSR count). The smallest absolute Gasteiger partial charge is 0.241 e. The first-order valence-electron chi connectivity index (χ1n) is 8.98. The lowest BCUT2D eigenvalue weighted by Crippen LogP contribution is -2.48. The van der Waals surface area contributed by atoms with E-state index in [4.69, 9.17) is 0 Å². The van der Waals surface area contributed by atoms with Crippen molar-refractivity contribution in [2.45, 2.75) is 84.0 Å². The van der Waals surface area contributed by atoms with Crippen LogP contribution in [0.25, 0.3) is 0 Å². The highest BCUT2D eigenvalue weighted by molar-refractivity contribution is 5.84. The molecule has 4 nitrogen and oxygen atoms in total. The molecule has 0 aromatic heterocycles. The summed E-state index contributed by atoms with van der Waals surface area (Å²) in [6.07, 6.45) is 8.47. The molecule has 2 aliphatic heterocycles. The molecule has 0 bridgehead atoms. The second-order valence-corrected chi connectivity index (χ2v) is 6.75. The first-order valence-corrected chi connectivity index (χ1v) is 8.98. The summed E-state index contributed by atoms with van der Waals surface area (Å²) >= 11 is 0. The molecule has 0 saturated carbocycles. The van der Waals surface area contributed by atoms with Crippen LogP contribution in [-0.2, 0) is 4.79 Å². The molecule has 0 aromatic carbocycles. The molecule has 1 amide bonds. The minimum absolute atomic E-state index is 0.0557. The van der Waals surface area contributed by atoms with E-state index in [1.165, 1.54) is 32.4 Å². The Morgan fingerprint density at radius 3 is 2.43 bits per heavy atom. The lowest BCUT2D eigenvalue weighted by Gasteiger charge is -2.36. The maximum absolute atomic E-state index is 12.6. The maximum Gasteiger partial charge on any atom is 0.241 e. The molecule has 4 heteroatoms. The van der Waals surface area contributed by atoms with Crippen molar-refractivity contribution in [2.75, 3.05) is 19.6 Å². The third-order valence-electron chi connectivity index (χ3n) is 4.97. The van der Waals surface area contributed by atoms with Gasteiger partial charge >= 0.3 is 0 Å². The number of carbonyl (C=O) groups is 1. The minimum Gasteiger partial charge on any atom is -0.324 e. The zero-order chi connectivity index (χ0) is 15.2. The lowest BCUT2D eigenvalue weighted by atomic mass is 10.1. The van der Waals surface area contributed by atoms with Crippen molar-refractivity contribution >= 4 is 5.91 Å². The van der Waals surface area contributed by atoms with E-state index in [1.807, 2.05) is 0 Å². The molecule has 3 unspecified atom stereocenters. The molecule has 2 fully saturated rings. The van der Waals surface area contributed by atoms with Gasteiger partial charge in [-0.05, 0) is 45.7 Å². The Bertz CT molecular complexity index is 328. The van der Waals surface area contributed by atoms with Gasteiger partial charge in [-0.15, -0.1) is 0 Å². The molecule has 2 aliphatic rings. The van der Waals surface area contributed by atoms with Crippen LogP contribution in [0.15, 0.2) is 0 Å². The van der Waals surface area contributed by atoms with Gasteiger partial charge in [-0.1, -0.05) is 33.1 Å². The second kappa shape index (κ2) is 8.14. The zero-order valence-corrected chi connectivity index (χ0v) is 14.1. The summed E-state index contributed by atoms with van der Waals surface area (Å²) in [5.74, 6) is 0.333. The van der Waals surface area contributed by atoms with Crippen LogP contribution in [0.1, 0.15) is 65.7 Å². The molecular formula is C17H33N3O. The fraction of sp³-hybridized carbons (Fsp3) is 0.941. The number of hydrogen-bond donors (Lipinski definition) is 1. The summed E-state index contributed by atoms with van der Waals surface area (Å²) in [7, 11) is 0. The van der Waals surface area contributed by atoms with Gasteiger partial charge in [0, 0.05) is 12.6 Å². The van der Waals surface area contributed by atoms with E-state index in [9.17, 15) is 4.79 Å². The minimum atomic E-state index is 0.0557. The number of nitrogens with zero attached hydrogens (tertiary/aromatic N) is 2. The average molecular weight is 295 g/mol. The number of carbonyl (C=O) groups excluding carboxylic acids is 1. The van der Waals surface area contributed by atoms with Gasteiger partial charge in [0.2, 0.25) is 5.91 Å². The molecule has 0 spiro atoms. The molecule has 2 saturated heterocycles. The Balaban J connectivity index is 1.95. The number of nitrogens with one attached hydrogen (secondary N) is 1. The van der Waals surface area contributed by atoms with Crippen LogP contribution in [0, 0.1) is 0 Å². The SMILES string of the molecule is CCCC1NC(CCC)N(CC(C)N2CCCCC2)C1=O. The van der Waals surface area contributed by atoms with E-state index in [-0.39, 0.29) is 12.2 Å². The highest BCUT2D eigenvalue weighted by atomic mass is 16.2. The van der Waals surface area contributed by atoms with E-state index in [0.717, 1.165) is 32.2 Å². The third-order valence-corrected chi connectivity index (χ3v) is 4.97. The normalized spacial score (nSPS) is 29.1. The van der Waals surface area contributed by atoms with Crippen LogP contribution < -0.4 is 5.32 Å². The maximum atomic E-state index is 12.6. The molecule has 1 N–H and O–H groups in total. The van der Waals surface area contributed by atoms with Crippen molar-refractivity contribution in [2.24, 2.45) is 0 Å². The topological polar surface area (TPSA) is 35.6 Å². The van der Waals surface area contributed by atoms with Crippen molar-refractivity contribution < 1.29 is 4.79 Å². The predicted octanol–water partition coefficient (Wildman–Crippen LogP) is 2.59. The van der Waals surface area contributed by atoms with Crippen molar-refractivity contribution in [1.82, 2.24) is 15.1 Å². The summed E-state index contributed by atoms with van der Waals surface area (Å²) in [5.41, 5.74) is 0. The quantitative estimate of drug-likeness (QED) is 0.784. The van der Waals surface area contributed by atoms with E-state index in [0.29, 0.717) is 11.9 Å². The number of rotatable bonds is 7. The van der Waals surface area contributed by atoms with Crippen LogP contribution in [0.4, 0.5) is 0 Å². The molecule has 2 heterocycles. The van der Waals surface area contributed by atoms with Gasteiger partial charge in [0.1, 0.15) is 0 Å². The molecule has 21 heavy (non-hydrogen) atoms. The molecule has 122 valence electrons. The fourth-order valence-electron chi connectivity index (χ4n) is 3.73. The Morgan fingerprint density at radius 2 is 1.81 bits per heavy atom. The average Bonchev–Trinajstić information content (AvgIpc) is 2.78. The number of piperidine rings is 1. The molecule has 0 radical (unpaired) electrons. The second-order valence-electron chi connectivity index (χ2n) is 6.75. The molecule has 0 aromatic rings. The molecule has 3 atom stereocenters. The summed E-state index contributed by atoms with van der Waals surface area (Å²) < 4.78 is 0. The van der Waals surface area contributed by atoms with Crippen molar-refractivity contribution in [3.8, 4) is 0 Å². The highest BCUT2D eigenvalue weighted by Crippen LogP contribution is 2.20. The Morgan fingerprint density at radius 1 is 1.14 bits per heavy atom. The van der Waals surface area contributed by atoms with Gasteiger partial charge in [0.25, 0.3) is 0 Å². The summed E-state index contributed by atoms with van der Waals surface area (Å²) in [4.78, 5) is 17.3. The van der Waals surface area contributed by atoms with Gasteiger partial charge in [0.05, 0.1) is 12.2 Å². The lowest BCUT2D eigenvalue weighted by molar-refractivity contribution is -0.131. The van der Waals surface area contributed by atoms with E-state index < -0.39 is 0 Å². The standard InChI is InChI=1S/C17H33N3O/c1-4-9-15-17(21)20(16(18-15)10-5-2)13-14(3)19-11-7-6-8-12-19/h14-16,18H,4-13H2,1-3H3. The first-order chi connectivity index (χ1) is 10.2. The number of likely N-dealkylation sites (tertiary alicyclic amines) is 1. The fourth-order valence-corrected chi connectivity index (χ4v) is 3.73. The Hall–Kier alpha value is -0.610.